The van der Waals surface area contributed by atoms with E-state index in [1.54, 1.807) is 12.1 Å². The summed E-state index contributed by atoms with van der Waals surface area (Å²) in [7, 11) is 2.98. The number of primary amides is 1. The van der Waals surface area contributed by atoms with E-state index in [1.807, 2.05) is 33.0 Å². The lowest BCUT2D eigenvalue weighted by Gasteiger charge is -2.08. The predicted molar refractivity (Wildman–Crippen MR) is 231 cm³/mol. The molecule has 0 saturated carbocycles. The fourth-order valence-electron chi connectivity index (χ4n) is 4.33. The van der Waals surface area contributed by atoms with Gasteiger partial charge < -0.3 is 60.4 Å². The molecule has 0 radical (unpaired) electrons. The maximum atomic E-state index is 12.0. The number of aliphatic hydroxyl groups is 1. The molecule has 1 aromatic carbocycles. The highest BCUT2D eigenvalue weighted by Crippen LogP contribution is 2.13. The average Bonchev–Trinajstić information content (AvgIpc) is 3.26. The Morgan fingerprint density at radius 1 is 0.644 bits per heavy atom. The van der Waals surface area contributed by atoms with Crippen LogP contribution in [0.3, 0.4) is 0 Å². The lowest BCUT2D eigenvalue weighted by Crippen LogP contribution is -2.31. The third kappa shape index (κ3) is 63.4. The number of carbonyl (C=O) groups excluding carboxylic acids is 5. The summed E-state index contributed by atoms with van der Waals surface area (Å²) < 4.78 is 26.7. The van der Waals surface area contributed by atoms with Gasteiger partial charge in [-0.25, -0.2) is 0 Å². The van der Waals surface area contributed by atoms with Gasteiger partial charge in [-0.2, -0.15) is 0 Å². The molecule has 17 nitrogen and oxygen atoms in total. The standard InChI is InChI=1S/C32H52N2O9.C5H13N.C2H6.CH3NO.CH2O2.CH4O/c35-18-22-41-24-23-40-21-17-34-32(38)28-42-26-25-39-19-9-6-8-16-33-31(37)11-7-4-2-1-3-5-10-20-43-30-14-12-29(27-36)13-15-30;1-3-4-5-6-2;1-2;2*2-1-3;1-2/h12-15,18,27H,1-11,16-17,19-26,28H2,(H,33,37)(H,34,38);6H,3-5H2,1-2H3;1-2H3;1H,(H2,2,3);1H,(H,2,3);2H,1H3. The van der Waals surface area contributed by atoms with Crippen LogP contribution in [-0.4, -0.2) is 141 Å². The number of hydrogen-bond acceptors (Lipinski definition) is 13. The molecule has 0 spiro atoms. The lowest BCUT2D eigenvalue weighted by atomic mass is 10.1. The molecular formula is C42H80N4O13. The fourth-order valence-corrected chi connectivity index (χ4v) is 4.33. The number of benzene rings is 1. The van der Waals surface area contributed by atoms with Crippen molar-refractivity contribution in [3.8, 4) is 5.75 Å². The molecule has 0 saturated heterocycles. The van der Waals surface area contributed by atoms with Gasteiger partial charge in [-0.3, -0.25) is 24.0 Å². The zero-order chi connectivity index (χ0) is 45.3. The quantitative estimate of drug-likeness (QED) is 0.0422. The number of nitrogens with one attached hydrogen (secondary N) is 3. The first-order valence-electron chi connectivity index (χ1n) is 20.7. The summed E-state index contributed by atoms with van der Waals surface area (Å²) in [5, 5.41) is 22.6. The van der Waals surface area contributed by atoms with Crippen LogP contribution >= 0.6 is 0 Å². The molecule has 1 rings (SSSR count). The van der Waals surface area contributed by atoms with Crippen molar-refractivity contribution >= 4 is 37.3 Å². The molecule has 17 heteroatoms. The molecule has 0 atom stereocenters. The normalized spacial score (nSPS) is 9.39. The van der Waals surface area contributed by atoms with Crippen molar-refractivity contribution < 1.29 is 62.7 Å². The minimum Gasteiger partial charge on any atom is -0.494 e. The van der Waals surface area contributed by atoms with Crippen molar-refractivity contribution in [1.29, 1.82) is 0 Å². The number of ether oxygens (including phenoxy) is 5. The number of nitrogens with two attached hydrogens (primary N) is 1. The van der Waals surface area contributed by atoms with Gasteiger partial charge in [0.15, 0.2) is 0 Å². The summed E-state index contributed by atoms with van der Waals surface area (Å²) in [5.74, 6) is 0.717. The second-order valence-electron chi connectivity index (χ2n) is 11.7. The summed E-state index contributed by atoms with van der Waals surface area (Å²) >= 11 is 0. The highest BCUT2D eigenvalue weighted by Gasteiger charge is 2.03. The van der Waals surface area contributed by atoms with Crippen molar-refractivity contribution in [2.75, 3.05) is 93.3 Å². The van der Waals surface area contributed by atoms with Gasteiger partial charge in [-0.05, 0) is 76.4 Å². The Morgan fingerprint density at radius 2 is 1.15 bits per heavy atom. The van der Waals surface area contributed by atoms with Crippen LogP contribution in [0.1, 0.15) is 115 Å². The fraction of sp³-hybridized carbons (Fsp3) is 0.714. The number of aldehydes is 2. The molecule has 0 aromatic heterocycles. The van der Waals surface area contributed by atoms with Crippen LogP contribution in [0, 0.1) is 0 Å². The molecule has 0 heterocycles. The number of carboxylic acid groups (broad SMARTS) is 1. The topological polar surface area (TPSA) is 251 Å². The SMILES string of the molecule is CC.CCCCNC.CO.NC=O.O=CCOCCOCCNC(=O)COCCOCCCCCNC(=O)CCCCCCCCCOc1ccc(C=O)cc1.O=CO. The Labute approximate surface area is 354 Å². The second kappa shape index (κ2) is 63.2. The Morgan fingerprint density at radius 3 is 1.71 bits per heavy atom. The number of aliphatic hydroxyl groups excluding tert-OH is 1. The van der Waals surface area contributed by atoms with Crippen LogP contribution < -0.4 is 26.4 Å². The van der Waals surface area contributed by atoms with E-state index < -0.39 is 0 Å². The lowest BCUT2D eigenvalue weighted by molar-refractivity contribution is -0.126. The largest absolute Gasteiger partial charge is 0.494 e. The molecule has 0 bridgehead atoms. The van der Waals surface area contributed by atoms with E-state index in [-0.39, 0.29) is 37.9 Å². The van der Waals surface area contributed by atoms with Gasteiger partial charge in [-0.1, -0.05) is 59.3 Å². The van der Waals surface area contributed by atoms with E-state index in [2.05, 4.69) is 28.6 Å². The molecule has 346 valence electrons. The summed E-state index contributed by atoms with van der Waals surface area (Å²) in [6, 6.07) is 7.16. The van der Waals surface area contributed by atoms with Crippen molar-refractivity contribution in [3.05, 3.63) is 29.8 Å². The van der Waals surface area contributed by atoms with E-state index in [1.165, 1.54) is 25.7 Å². The maximum Gasteiger partial charge on any atom is 0.290 e. The van der Waals surface area contributed by atoms with E-state index in [0.29, 0.717) is 77.6 Å². The minimum atomic E-state index is -0.250. The van der Waals surface area contributed by atoms with Crippen LogP contribution in [0.15, 0.2) is 24.3 Å². The minimum absolute atomic E-state index is 0.0242. The number of unbranched alkanes of at least 4 members (excludes halogenated alkanes) is 9. The molecule has 0 aliphatic rings. The molecule has 0 aliphatic carbocycles. The van der Waals surface area contributed by atoms with Gasteiger partial charge in [0.1, 0.15) is 31.5 Å². The van der Waals surface area contributed by atoms with Gasteiger partial charge in [0.25, 0.3) is 6.47 Å². The first-order valence-corrected chi connectivity index (χ1v) is 20.7. The van der Waals surface area contributed by atoms with E-state index >= 15 is 0 Å². The molecule has 0 unspecified atom stereocenters. The zero-order valence-electron chi connectivity index (χ0n) is 36.8. The molecule has 0 fully saturated rings. The molecule has 0 aliphatic heterocycles. The van der Waals surface area contributed by atoms with Gasteiger partial charge in [0.2, 0.25) is 18.2 Å². The van der Waals surface area contributed by atoms with Crippen LogP contribution in [0.2, 0.25) is 0 Å². The third-order valence-corrected chi connectivity index (χ3v) is 7.13. The Kier molecular flexibility index (Phi) is 68.7. The predicted octanol–water partition coefficient (Wildman–Crippen LogP) is 4.11. The Bertz CT molecular complexity index is 997. The number of rotatable bonds is 34. The highest BCUT2D eigenvalue weighted by atomic mass is 16.5. The van der Waals surface area contributed by atoms with E-state index in [0.717, 1.165) is 77.1 Å². The third-order valence-electron chi connectivity index (χ3n) is 7.13. The average molecular weight is 849 g/mol. The molecule has 1 aromatic rings. The van der Waals surface area contributed by atoms with Crippen molar-refractivity contribution in [2.24, 2.45) is 5.73 Å². The van der Waals surface area contributed by atoms with Gasteiger partial charge in [0.05, 0.1) is 39.6 Å². The maximum absolute atomic E-state index is 12.0. The number of carbonyl (C=O) groups is 6. The van der Waals surface area contributed by atoms with Crippen LogP contribution in [0.4, 0.5) is 0 Å². The van der Waals surface area contributed by atoms with E-state index in [9.17, 15) is 19.2 Å². The molecule has 3 amide bonds. The van der Waals surface area contributed by atoms with Crippen LogP contribution in [0.25, 0.3) is 0 Å². The summed E-state index contributed by atoms with van der Waals surface area (Å²) in [6.07, 6.45) is 15.4. The van der Waals surface area contributed by atoms with Crippen LogP contribution in [-0.2, 0) is 42.9 Å². The van der Waals surface area contributed by atoms with Gasteiger partial charge in [0, 0.05) is 38.8 Å². The van der Waals surface area contributed by atoms with Gasteiger partial charge in [-0.15, -0.1) is 0 Å². The Hall–Kier alpha value is -4.00. The summed E-state index contributed by atoms with van der Waals surface area (Å²) in [6.45, 7) is 11.4. The van der Waals surface area contributed by atoms with Crippen LogP contribution in [0.5, 0.6) is 5.75 Å². The summed E-state index contributed by atoms with van der Waals surface area (Å²) in [5.41, 5.74) is 4.82. The zero-order valence-corrected chi connectivity index (χ0v) is 36.8. The summed E-state index contributed by atoms with van der Waals surface area (Å²) in [4.78, 5) is 61.3. The van der Waals surface area contributed by atoms with Gasteiger partial charge >= 0.3 is 0 Å². The molecule has 59 heavy (non-hydrogen) atoms. The van der Waals surface area contributed by atoms with Crippen molar-refractivity contribution in [2.45, 2.75) is 104 Å². The monoisotopic (exact) mass is 849 g/mol. The molecule has 7 N–H and O–H groups in total. The van der Waals surface area contributed by atoms with Crippen molar-refractivity contribution in [3.63, 3.8) is 0 Å². The Balaban J connectivity index is -0.000000520. The second-order valence-corrected chi connectivity index (χ2v) is 11.7. The number of amides is 3. The first-order chi connectivity index (χ1) is 28.9. The smallest absolute Gasteiger partial charge is 0.290 e. The van der Waals surface area contributed by atoms with Crippen molar-refractivity contribution in [1.82, 2.24) is 16.0 Å². The number of hydrogen-bond donors (Lipinski definition) is 6. The highest BCUT2D eigenvalue weighted by molar-refractivity contribution is 5.77. The van der Waals surface area contributed by atoms with E-state index in [4.69, 9.17) is 43.5 Å². The molecular weight excluding hydrogens is 768 g/mol. The first kappa shape index (κ1) is 64.2.